The molecule has 5 nitrogen and oxygen atoms in total. The van der Waals surface area contributed by atoms with Gasteiger partial charge in [0.2, 0.25) is 0 Å². The average molecular weight is 324 g/mol. The normalized spacial score (nSPS) is 15.0. The first-order chi connectivity index (χ1) is 11.8. The van der Waals surface area contributed by atoms with Crippen molar-refractivity contribution in [3.05, 3.63) is 59.9 Å². The molecule has 1 fully saturated rings. The van der Waals surface area contributed by atoms with E-state index in [0.717, 1.165) is 12.1 Å². The zero-order valence-corrected chi connectivity index (χ0v) is 13.9. The average Bonchev–Trinajstić information content (AvgIpc) is 2.63. The maximum Gasteiger partial charge on any atom is 0.319 e. The number of urea groups is 1. The van der Waals surface area contributed by atoms with Crippen LogP contribution in [0.1, 0.15) is 30.4 Å². The third-order valence-corrected chi connectivity index (χ3v) is 4.25. The van der Waals surface area contributed by atoms with Crippen molar-refractivity contribution < 1.29 is 4.79 Å². The number of carbonyl (C=O) groups is 1. The van der Waals surface area contributed by atoms with Gasteiger partial charge in [0.15, 0.2) is 0 Å². The Hall–Kier alpha value is -2.40. The molecule has 0 saturated carbocycles. The van der Waals surface area contributed by atoms with Crippen molar-refractivity contribution in [2.24, 2.45) is 0 Å². The zero-order valence-electron chi connectivity index (χ0n) is 13.9. The summed E-state index contributed by atoms with van der Waals surface area (Å²) in [5.41, 5.74) is 3.12. The van der Waals surface area contributed by atoms with Crippen LogP contribution in [0.3, 0.4) is 0 Å². The number of pyridine rings is 1. The van der Waals surface area contributed by atoms with Gasteiger partial charge < -0.3 is 10.6 Å². The summed E-state index contributed by atoms with van der Waals surface area (Å²) in [6.45, 7) is 3.95. The number of aromatic nitrogens is 1. The van der Waals surface area contributed by atoms with E-state index in [4.69, 9.17) is 0 Å². The number of benzene rings is 1. The van der Waals surface area contributed by atoms with Gasteiger partial charge in [0.25, 0.3) is 0 Å². The maximum absolute atomic E-state index is 11.9. The summed E-state index contributed by atoms with van der Waals surface area (Å²) in [6, 6.07) is 11.9. The van der Waals surface area contributed by atoms with E-state index in [1.807, 2.05) is 6.07 Å². The largest absolute Gasteiger partial charge is 0.334 e. The van der Waals surface area contributed by atoms with Crippen LogP contribution in [-0.2, 0) is 13.1 Å². The molecule has 2 aromatic rings. The first kappa shape index (κ1) is 16.5. The molecule has 0 atom stereocenters. The van der Waals surface area contributed by atoms with Crippen molar-refractivity contribution in [1.82, 2.24) is 15.2 Å². The molecule has 24 heavy (non-hydrogen) atoms. The van der Waals surface area contributed by atoms with Crippen LogP contribution in [0.25, 0.3) is 0 Å². The number of nitrogens with one attached hydrogen (secondary N) is 2. The van der Waals surface area contributed by atoms with Crippen molar-refractivity contribution >= 4 is 11.7 Å². The van der Waals surface area contributed by atoms with Gasteiger partial charge in [0, 0.05) is 19.3 Å². The van der Waals surface area contributed by atoms with Crippen LogP contribution in [0.15, 0.2) is 48.8 Å². The number of carbonyl (C=O) groups excluding carboxylic acids is 1. The van der Waals surface area contributed by atoms with Crippen LogP contribution in [0, 0.1) is 0 Å². The fraction of sp³-hybridized carbons (Fsp3) is 0.368. The molecule has 0 spiro atoms. The van der Waals surface area contributed by atoms with Gasteiger partial charge in [-0.15, -0.1) is 0 Å². The molecular formula is C19H24N4O. The Kier molecular flexibility index (Phi) is 5.80. The third-order valence-electron chi connectivity index (χ3n) is 4.25. The summed E-state index contributed by atoms with van der Waals surface area (Å²) in [5.74, 6) is 0. The lowest BCUT2D eigenvalue weighted by molar-refractivity contribution is 0.221. The Morgan fingerprint density at radius 3 is 2.50 bits per heavy atom. The Labute approximate surface area is 143 Å². The minimum Gasteiger partial charge on any atom is -0.334 e. The summed E-state index contributed by atoms with van der Waals surface area (Å²) in [6.07, 6.45) is 7.29. The lowest BCUT2D eigenvalue weighted by atomic mass is 10.1. The second kappa shape index (κ2) is 8.45. The molecule has 3 rings (SSSR count). The zero-order chi connectivity index (χ0) is 16.6. The fourth-order valence-corrected chi connectivity index (χ4v) is 2.93. The minimum absolute atomic E-state index is 0.222. The van der Waals surface area contributed by atoms with Crippen molar-refractivity contribution in [1.29, 1.82) is 0 Å². The first-order valence-electron chi connectivity index (χ1n) is 8.55. The van der Waals surface area contributed by atoms with Gasteiger partial charge in [0.05, 0.1) is 11.9 Å². The smallest absolute Gasteiger partial charge is 0.319 e. The lowest BCUT2D eigenvalue weighted by Gasteiger charge is -2.26. The molecule has 0 aliphatic carbocycles. The van der Waals surface area contributed by atoms with Crippen LogP contribution in [0.4, 0.5) is 10.5 Å². The Morgan fingerprint density at radius 2 is 1.79 bits per heavy atom. The quantitative estimate of drug-likeness (QED) is 0.886. The summed E-state index contributed by atoms with van der Waals surface area (Å²) < 4.78 is 0. The Balaban J connectivity index is 1.44. The molecule has 1 aromatic carbocycles. The number of hydrogen-bond donors (Lipinski definition) is 2. The van der Waals surface area contributed by atoms with E-state index in [9.17, 15) is 4.79 Å². The highest BCUT2D eigenvalue weighted by Gasteiger charge is 2.10. The van der Waals surface area contributed by atoms with Gasteiger partial charge in [-0.2, -0.15) is 0 Å². The Bertz CT molecular complexity index is 636. The van der Waals surface area contributed by atoms with Crippen LogP contribution in [0.2, 0.25) is 0 Å². The van der Waals surface area contributed by atoms with Crippen molar-refractivity contribution in [2.45, 2.75) is 32.4 Å². The lowest BCUT2D eigenvalue weighted by Crippen LogP contribution is -2.29. The number of hydrogen-bond acceptors (Lipinski definition) is 3. The second-order valence-electron chi connectivity index (χ2n) is 6.20. The molecule has 2 amide bonds. The summed E-state index contributed by atoms with van der Waals surface area (Å²) in [5, 5.41) is 5.62. The maximum atomic E-state index is 11.9. The molecule has 0 unspecified atom stereocenters. The van der Waals surface area contributed by atoms with Crippen LogP contribution in [0.5, 0.6) is 0 Å². The topological polar surface area (TPSA) is 57.3 Å². The van der Waals surface area contributed by atoms with E-state index in [1.165, 1.54) is 37.9 Å². The molecule has 1 aliphatic rings. The Morgan fingerprint density at radius 1 is 1.04 bits per heavy atom. The van der Waals surface area contributed by atoms with Gasteiger partial charge in [0.1, 0.15) is 0 Å². The molecule has 2 N–H and O–H groups in total. The molecular weight excluding hydrogens is 300 g/mol. The van der Waals surface area contributed by atoms with E-state index in [-0.39, 0.29) is 6.03 Å². The van der Waals surface area contributed by atoms with Crippen LogP contribution >= 0.6 is 0 Å². The predicted molar refractivity (Wildman–Crippen MR) is 95.7 cm³/mol. The predicted octanol–water partition coefficient (Wildman–Crippen LogP) is 3.39. The van der Waals surface area contributed by atoms with Gasteiger partial charge in [-0.3, -0.25) is 9.88 Å². The summed E-state index contributed by atoms with van der Waals surface area (Å²) >= 11 is 0. The fourth-order valence-electron chi connectivity index (χ4n) is 2.93. The molecule has 1 saturated heterocycles. The number of piperidine rings is 1. The summed E-state index contributed by atoms with van der Waals surface area (Å²) in [7, 11) is 0. The molecule has 1 aliphatic heterocycles. The van der Waals surface area contributed by atoms with Gasteiger partial charge in [-0.25, -0.2) is 4.79 Å². The highest BCUT2D eigenvalue weighted by atomic mass is 16.2. The highest BCUT2D eigenvalue weighted by Crippen LogP contribution is 2.13. The van der Waals surface area contributed by atoms with Crippen LogP contribution in [-0.4, -0.2) is 29.0 Å². The van der Waals surface area contributed by atoms with E-state index in [2.05, 4.69) is 44.8 Å². The van der Waals surface area contributed by atoms with Crippen molar-refractivity contribution in [3.63, 3.8) is 0 Å². The molecule has 126 valence electrons. The minimum atomic E-state index is -0.222. The number of amides is 2. The molecule has 1 aromatic heterocycles. The summed E-state index contributed by atoms with van der Waals surface area (Å²) in [4.78, 5) is 18.3. The van der Waals surface area contributed by atoms with E-state index >= 15 is 0 Å². The number of nitrogens with zero attached hydrogens (tertiary/aromatic N) is 2. The van der Waals surface area contributed by atoms with Crippen LogP contribution < -0.4 is 10.6 Å². The number of anilines is 1. The standard InChI is InChI=1S/C19H24N4O/c24-19(22-18-5-4-10-20-14-18)21-13-16-6-8-17(9-7-16)15-23-11-2-1-3-12-23/h4-10,14H,1-3,11-13,15H2,(H2,21,22,24). The van der Waals surface area contributed by atoms with E-state index in [0.29, 0.717) is 12.2 Å². The van der Waals surface area contributed by atoms with Crippen molar-refractivity contribution in [2.75, 3.05) is 18.4 Å². The van der Waals surface area contributed by atoms with Gasteiger partial charge >= 0.3 is 6.03 Å². The molecule has 0 bridgehead atoms. The second-order valence-corrected chi connectivity index (χ2v) is 6.20. The highest BCUT2D eigenvalue weighted by molar-refractivity contribution is 5.88. The van der Waals surface area contributed by atoms with E-state index < -0.39 is 0 Å². The molecule has 2 heterocycles. The SMILES string of the molecule is O=C(NCc1ccc(CN2CCCCC2)cc1)Nc1cccnc1. The molecule has 0 radical (unpaired) electrons. The first-order valence-corrected chi connectivity index (χ1v) is 8.55. The molecule has 5 heteroatoms. The van der Waals surface area contributed by atoms with Gasteiger partial charge in [-0.05, 0) is 49.2 Å². The van der Waals surface area contributed by atoms with Gasteiger partial charge in [-0.1, -0.05) is 30.7 Å². The number of likely N-dealkylation sites (tertiary alicyclic amines) is 1. The van der Waals surface area contributed by atoms with Crippen molar-refractivity contribution in [3.8, 4) is 0 Å². The number of rotatable bonds is 5. The monoisotopic (exact) mass is 324 g/mol. The van der Waals surface area contributed by atoms with E-state index in [1.54, 1.807) is 18.5 Å². The third kappa shape index (κ3) is 5.06.